The Morgan fingerprint density at radius 3 is 2.52 bits per heavy atom. The highest BCUT2D eigenvalue weighted by molar-refractivity contribution is 14.0. The predicted molar refractivity (Wildman–Crippen MR) is 110 cm³/mol. The Morgan fingerprint density at radius 2 is 1.83 bits per heavy atom. The molecule has 0 saturated carbocycles. The fourth-order valence-corrected chi connectivity index (χ4v) is 2.80. The van der Waals surface area contributed by atoms with E-state index in [1.165, 1.54) is 37.9 Å². The smallest absolute Gasteiger partial charge is 0.191 e. The first-order valence-corrected chi connectivity index (χ1v) is 8.67. The number of nitrogens with zero attached hydrogens (tertiary/aromatic N) is 2. The van der Waals surface area contributed by atoms with E-state index in [0.717, 1.165) is 38.6 Å². The highest BCUT2D eigenvalue weighted by Gasteiger charge is 2.08. The van der Waals surface area contributed by atoms with E-state index in [-0.39, 0.29) is 24.0 Å². The topological polar surface area (TPSA) is 39.7 Å². The summed E-state index contributed by atoms with van der Waals surface area (Å²) in [7, 11) is 0. The highest BCUT2D eigenvalue weighted by atomic mass is 127. The van der Waals surface area contributed by atoms with Crippen molar-refractivity contribution in [2.24, 2.45) is 4.99 Å². The molecule has 5 heteroatoms. The van der Waals surface area contributed by atoms with Crippen LogP contribution in [0.1, 0.15) is 31.7 Å². The van der Waals surface area contributed by atoms with Gasteiger partial charge in [0, 0.05) is 19.6 Å². The zero-order chi connectivity index (χ0) is 15.5. The summed E-state index contributed by atoms with van der Waals surface area (Å²) in [6, 6.07) is 10.6. The van der Waals surface area contributed by atoms with Gasteiger partial charge in [0.1, 0.15) is 0 Å². The van der Waals surface area contributed by atoms with Crippen molar-refractivity contribution >= 4 is 29.9 Å². The number of hydrogen-bond donors (Lipinski definition) is 2. The summed E-state index contributed by atoms with van der Waals surface area (Å²) in [6.45, 7) is 8.37. The third-order valence-corrected chi connectivity index (χ3v) is 4.03. The molecule has 23 heavy (non-hydrogen) atoms. The number of halogens is 1. The third kappa shape index (κ3) is 8.55. The van der Waals surface area contributed by atoms with Gasteiger partial charge >= 0.3 is 0 Å². The molecule has 0 spiro atoms. The van der Waals surface area contributed by atoms with Crippen molar-refractivity contribution in [2.75, 3.05) is 39.3 Å². The minimum Gasteiger partial charge on any atom is -0.357 e. The van der Waals surface area contributed by atoms with Gasteiger partial charge in [-0.2, -0.15) is 0 Å². The Balaban J connectivity index is 0.00000264. The lowest BCUT2D eigenvalue weighted by Crippen LogP contribution is -2.39. The van der Waals surface area contributed by atoms with Gasteiger partial charge in [-0.15, -0.1) is 24.0 Å². The molecule has 2 N–H and O–H groups in total. The normalized spacial score (nSPS) is 15.8. The van der Waals surface area contributed by atoms with E-state index in [4.69, 9.17) is 4.99 Å². The number of benzene rings is 1. The molecule has 1 aromatic rings. The Kier molecular flexibility index (Phi) is 11.1. The lowest BCUT2D eigenvalue weighted by atomic mass is 10.1. The summed E-state index contributed by atoms with van der Waals surface area (Å²) in [6.07, 6.45) is 5.11. The number of guanidine groups is 1. The monoisotopic (exact) mass is 430 g/mol. The van der Waals surface area contributed by atoms with Gasteiger partial charge in [-0.1, -0.05) is 36.8 Å². The molecule has 0 aromatic heterocycles. The molecule has 0 unspecified atom stereocenters. The molecule has 0 aliphatic carbocycles. The van der Waals surface area contributed by atoms with Crippen molar-refractivity contribution in [3.05, 3.63) is 35.9 Å². The molecule has 130 valence electrons. The SMILES string of the molecule is CCNC(=NCCN1CCCCC1)NCCc1ccccc1.I. The largest absolute Gasteiger partial charge is 0.357 e. The van der Waals surface area contributed by atoms with E-state index in [0.29, 0.717) is 0 Å². The second-order valence-corrected chi connectivity index (χ2v) is 5.83. The molecule has 1 aliphatic heterocycles. The van der Waals surface area contributed by atoms with E-state index in [1.54, 1.807) is 0 Å². The maximum atomic E-state index is 4.69. The van der Waals surface area contributed by atoms with E-state index in [9.17, 15) is 0 Å². The predicted octanol–water partition coefficient (Wildman–Crippen LogP) is 2.89. The summed E-state index contributed by atoms with van der Waals surface area (Å²) in [5, 5.41) is 6.75. The van der Waals surface area contributed by atoms with Crippen LogP contribution >= 0.6 is 24.0 Å². The molecule has 1 saturated heterocycles. The summed E-state index contributed by atoms with van der Waals surface area (Å²) in [5.74, 6) is 0.940. The molecular weight excluding hydrogens is 399 g/mol. The Hall–Kier alpha value is -0.820. The maximum Gasteiger partial charge on any atom is 0.191 e. The number of piperidine rings is 1. The molecule has 0 bridgehead atoms. The molecule has 0 atom stereocenters. The second-order valence-electron chi connectivity index (χ2n) is 5.83. The van der Waals surface area contributed by atoms with E-state index in [2.05, 4.69) is 52.8 Å². The molecule has 2 rings (SSSR count). The molecule has 1 aliphatic rings. The third-order valence-electron chi connectivity index (χ3n) is 4.03. The standard InChI is InChI=1S/C18H30N4.HI/c1-2-19-18(20-12-11-17-9-5-3-6-10-17)21-13-16-22-14-7-4-8-15-22;/h3,5-6,9-10H,2,4,7-8,11-16H2,1H3,(H2,19,20,21);1H. The van der Waals surface area contributed by atoms with E-state index < -0.39 is 0 Å². The lowest BCUT2D eigenvalue weighted by molar-refractivity contribution is 0.235. The first kappa shape index (κ1) is 20.2. The molecule has 1 heterocycles. The second kappa shape index (κ2) is 12.6. The zero-order valence-electron chi connectivity index (χ0n) is 14.3. The van der Waals surface area contributed by atoms with Crippen molar-refractivity contribution < 1.29 is 0 Å². The molecule has 4 nitrogen and oxygen atoms in total. The van der Waals surface area contributed by atoms with Crippen molar-refractivity contribution in [1.82, 2.24) is 15.5 Å². The van der Waals surface area contributed by atoms with Crippen LogP contribution < -0.4 is 10.6 Å². The van der Waals surface area contributed by atoms with Crippen molar-refractivity contribution in [2.45, 2.75) is 32.6 Å². The molecular formula is C18H31IN4. The van der Waals surface area contributed by atoms with Gasteiger partial charge in [-0.25, -0.2) is 0 Å². The summed E-state index contributed by atoms with van der Waals surface area (Å²) < 4.78 is 0. The van der Waals surface area contributed by atoms with Gasteiger partial charge in [-0.05, 0) is 44.8 Å². The van der Waals surface area contributed by atoms with Gasteiger partial charge in [0.05, 0.1) is 6.54 Å². The van der Waals surface area contributed by atoms with E-state index in [1.807, 2.05) is 0 Å². The van der Waals surface area contributed by atoms with Crippen LogP contribution in [0.5, 0.6) is 0 Å². The summed E-state index contributed by atoms with van der Waals surface area (Å²) in [4.78, 5) is 7.22. The van der Waals surface area contributed by atoms with Crippen molar-refractivity contribution in [1.29, 1.82) is 0 Å². The van der Waals surface area contributed by atoms with Gasteiger partial charge < -0.3 is 15.5 Å². The van der Waals surface area contributed by atoms with E-state index >= 15 is 0 Å². The first-order chi connectivity index (χ1) is 10.9. The fourth-order valence-electron chi connectivity index (χ4n) is 2.80. The maximum absolute atomic E-state index is 4.69. The number of aliphatic imine (C=N–C) groups is 1. The molecule has 0 amide bonds. The van der Waals surface area contributed by atoms with Gasteiger partial charge in [0.2, 0.25) is 0 Å². The van der Waals surface area contributed by atoms with Crippen LogP contribution in [-0.4, -0.2) is 50.1 Å². The first-order valence-electron chi connectivity index (χ1n) is 8.67. The van der Waals surface area contributed by atoms with Gasteiger partial charge in [-0.3, -0.25) is 4.99 Å². The molecule has 1 fully saturated rings. The highest BCUT2D eigenvalue weighted by Crippen LogP contribution is 2.07. The van der Waals surface area contributed by atoms with Crippen LogP contribution in [0, 0.1) is 0 Å². The van der Waals surface area contributed by atoms with Crippen LogP contribution in [0.3, 0.4) is 0 Å². The summed E-state index contributed by atoms with van der Waals surface area (Å²) in [5.41, 5.74) is 1.36. The Morgan fingerprint density at radius 1 is 1.09 bits per heavy atom. The minimum atomic E-state index is 0. The fraction of sp³-hybridized carbons (Fsp3) is 0.611. The Bertz CT molecular complexity index is 430. The minimum absolute atomic E-state index is 0. The quantitative estimate of drug-likeness (QED) is 0.397. The number of nitrogens with one attached hydrogen (secondary N) is 2. The molecule has 1 aromatic carbocycles. The van der Waals surface area contributed by atoms with Crippen molar-refractivity contribution in [3.8, 4) is 0 Å². The number of likely N-dealkylation sites (tertiary alicyclic amines) is 1. The van der Waals surface area contributed by atoms with Crippen LogP contribution in [0.15, 0.2) is 35.3 Å². The molecule has 0 radical (unpaired) electrons. The van der Waals surface area contributed by atoms with Crippen LogP contribution in [0.25, 0.3) is 0 Å². The average molecular weight is 430 g/mol. The van der Waals surface area contributed by atoms with Crippen LogP contribution in [0.2, 0.25) is 0 Å². The number of hydrogen-bond acceptors (Lipinski definition) is 2. The van der Waals surface area contributed by atoms with Gasteiger partial charge in [0.15, 0.2) is 5.96 Å². The Labute approximate surface area is 158 Å². The van der Waals surface area contributed by atoms with Crippen LogP contribution in [-0.2, 0) is 6.42 Å². The van der Waals surface area contributed by atoms with Gasteiger partial charge in [0.25, 0.3) is 0 Å². The summed E-state index contributed by atoms with van der Waals surface area (Å²) >= 11 is 0. The average Bonchev–Trinajstić information content (AvgIpc) is 2.57. The lowest BCUT2D eigenvalue weighted by Gasteiger charge is -2.25. The van der Waals surface area contributed by atoms with Crippen LogP contribution in [0.4, 0.5) is 0 Å². The zero-order valence-corrected chi connectivity index (χ0v) is 16.6. The van der Waals surface area contributed by atoms with Crippen molar-refractivity contribution in [3.63, 3.8) is 0 Å². The number of rotatable bonds is 7.